The summed E-state index contributed by atoms with van der Waals surface area (Å²) in [4.78, 5) is 40.0. The van der Waals surface area contributed by atoms with E-state index in [2.05, 4.69) is 5.32 Å². The molecule has 0 radical (unpaired) electrons. The zero-order chi connectivity index (χ0) is 18.6. The van der Waals surface area contributed by atoms with Gasteiger partial charge in [-0.15, -0.1) is 0 Å². The van der Waals surface area contributed by atoms with E-state index >= 15 is 0 Å². The summed E-state index contributed by atoms with van der Waals surface area (Å²) >= 11 is 0. The highest BCUT2D eigenvalue weighted by molar-refractivity contribution is 6.00. The minimum absolute atomic E-state index is 0.0134. The maximum absolute atomic E-state index is 12.8. The van der Waals surface area contributed by atoms with Crippen LogP contribution >= 0.6 is 0 Å². The molecule has 6 heteroatoms. The maximum Gasteiger partial charge on any atom is 0.254 e. The summed E-state index contributed by atoms with van der Waals surface area (Å²) in [6.07, 6.45) is 1.39. The molecule has 1 aromatic carbocycles. The molecule has 1 saturated heterocycles. The van der Waals surface area contributed by atoms with Crippen LogP contribution in [0.1, 0.15) is 50.9 Å². The largest absolute Gasteiger partial charge is 0.350 e. The smallest absolute Gasteiger partial charge is 0.254 e. The molecule has 0 spiro atoms. The first-order valence-corrected chi connectivity index (χ1v) is 8.72. The van der Waals surface area contributed by atoms with Gasteiger partial charge in [-0.25, -0.2) is 0 Å². The molecule has 0 saturated carbocycles. The van der Waals surface area contributed by atoms with E-state index in [0.717, 1.165) is 12.1 Å². The Morgan fingerprint density at radius 1 is 1.28 bits per heavy atom. The lowest BCUT2D eigenvalue weighted by Gasteiger charge is -2.25. The highest BCUT2D eigenvalue weighted by atomic mass is 16.2. The number of hydrogen-bond donors (Lipinski definition) is 1. The van der Waals surface area contributed by atoms with E-state index in [1.165, 1.54) is 4.90 Å². The normalized spacial score (nSPS) is 14.6. The minimum Gasteiger partial charge on any atom is -0.350 e. The Labute approximate surface area is 149 Å². The first-order chi connectivity index (χ1) is 11.7. The third kappa shape index (κ3) is 5.05. The number of nitrogens with zero attached hydrogens (tertiary/aromatic N) is 2. The Morgan fingerprint density at radius 2 is 2.00 bits per heavy atom. The van der Waals surface area contributed by atoms with Crippen molar-refractivity contribution in [2.75, 3.05) is 24.5 Å². The van der Waals surface area contributed by atoms with Crippen LogP contribution in [0.2, 0.25) is 0 Å². The number of rotatable bonds is 5. The zero-order valence-electron chi connectivity index (χ0n) is 15.5. The molecule has 6 nitrogen and oxygen atoms in total. The molecule has 2 rings (SSSR count). The quantitative estimate of drug-likeness (QED) is 0.889. The van der Waals surface area contributed by atoms with Gasteiger partial charge in [-0.2, -0.15) is 0 Å². The summed E-state index contributed by atoms with van der Waals surface area (Å²) in [5.41, 5.74) is 0.890. The lowest BCUT2D eigenvalue weighted by molar-refractivity contribution is -0.123. The van der Waals surface area contributed by atoms with E-state index in [9.17, 15) is 14.4 Å². The summed E-state index contributed by atoms with van der Waals surface area (Å²) in [6.45, 7) is 8.68. The molecule has 0 bridgehead atoms. The van der Waals surface area contributed by atoms with Crippen molar-refractivity contribution in [2.45, 2.75) is 46.1 Å². The van der Waals surface area contributed by atoms with Crippen LogP contribution in [0.5, 0.6) is 0 Å². The highest BCUT2D eigenvalue weighted by Crippen LogP contribution is 2.22. The van der Waals surface area contributed by atoms with Crippen molar-refractivity contribution >= 4 is 23.4 Å². The van der Waals surface area contributed by atoms with Crippen LogP contribution in [0.25, 0.3) is 0 Å². The Morgan fingerprint density at radius 3 is 2.56 bits per heavy atom. The van der Waals surface area contributed by atoms with Crippen molar-refractivity contribution in [3.8, 4) is 0 Å². The van der Waals surface area contributed by atoms with Gasteiger partial charge in [-0.1, -0.05) is 6.07 Å². The Hall–Kier alpha value is -2.37. The zero-order valence-corrected chi connectivity index (χ0v) is 15.5. The van der Waals surface area contributed by atoms with Gasteiger partial charge in [0.1, 0.15) is 0 Å². The monoisotopic (exact) mass is 345 g/mol. The number of hydrogen-bond acceptors (Lipinski definition) is 3. The molecule has 0 aromatic heterocycles. The van der Waals surface area contributed by atoms with Crippen molar-refractivity contribution in [3.63, 3.8) is 0 Å². The van der Waals surface area contributed by atoms with Gasteiger partial charge in [0.05, 0.1) is 6.54 Å². The van der Waals surface area contributed by atoms with Gasteiger partial charge >= 0.3 is 0 Å². The molecule has 0 unspecified atom stereocenters. The average molecular weight is 345 g/mol. The summed E-state index contributed by atoms with van der Waals surface area (Å²) in [7, 11) is 0. The Kier molecular flexibility index (Phi) is 5.82. The molecule has 1 aromatic rings. The third-order valence-electron chi connectivity index (χ3n) is 4.00. The molecular weight excluding hydrogens is 318 g/mol. The number of likely N-dealkylation sites (N-methyl/N-ethyl adjacent to an activating group) is 1. The number of nitrogens with one attached hydrogen (secondary N) is 1. The van der Waals surface area contributed by atoms with Crippen LogP contribution in [0.4, 0.5) is 5.69 Å². The summed E-state index contributed by atoms with van der Waals surface area (Å²) < 4.78 is 0. The molecule has 3 amide bonds. The van der Waals surface area contributed by atoms with Crippen LogP contribution in [0.3, 0.4) is 0 Å². The van der Waals surface area contributed by atoms with Gasteiger partial charge in [-0.3, -0.25) is 14.4 Å². The first-order valence-electron chi connectivity index (χ1n) is 8.72. The summed E-state index contributed by atoms with van der Waals surface area (Å²) in [5, 5.41) is 2.87. The third-order valence-corrected chi connectivity index (χ3v) is 4.00. The molecule has 136 valence electrons. The van der Waals surface area contributed by atoms with E-state index < -0.39 is 0 Å². The fourth-order valence-electron chi connectivity index (χ4n) is 2.87. The topological polar surface area (TPSA) is 69.7 Å². The Bertz CT molecular complexity index is 664. The molecule has 1 heterocycles. The molecular formula is C19H27N3O3. The van der Waals surface area contributed by atoms with Crippen molar-refractivity contribution in [1.82, 2.24) is 10.2 Å². The van der Waals surface area contributed by atoms with Crippen LogP contribution in [-0.2, 0) is 9.59 Å². The standard InChI is InChI=1S/C19H27N3O3/c1-5-21(13-16(23)20-19(2,3)4)18(25)14-8-6-9-15(12-14)22-11-7-10-17(22)24/h6,8-9,12H,5,7,10-11,13H2,1-4H3,(H,20,23). The van der Waals surface area contributed by atoms with Crippen molar-refractivity contribution in [1.29, 1.82) is 0 Å². The molecule has 0 atom stereocenters. The van der Waals surface area contributed by atoms with E-state index in [1.54, 1.807) is 23.1 Å². The number of benzene rings is 1. The van der Waals surface area contributed by atoms with Gasteiger partial charge in [0.2, 0.25) is 11.8 Å². The fourth-order valence-corrected chi connectivity index (χ4v) is 2.87. The summed E-state index contributed by atoms with van der Waals surface area (Å²) in [6, 6.07) is 7.06. The van der Waals surface area contributed by atoms with Gasteiger partial charge in [0, 0.05) is 36.3 Å². The van der Waals surface area contributed by atoms with Gasteiger partial charge in [0.15, 0.2) is 0 Å². The van der Waals surface area contributed by atoms with Crippen LogP contribution < -0.4 is 10.2 Å². The second kappa shape index (κ2) is 7.68. The molecule has 1 fully saturated rings. The van der Waals surface area contributed by atoms with E-state index in [-0.39, 0.29) is 29.8 Å². The molecule has 1 aliphatic rings. The van der Waals surface area contributed by atoms with Crippen molar-refractivity contribution in [3.05, 3.63) is 29.8 Å². The lowest BCUT2D eigenvalue weighted by atomic mass is 10.1. The van der Waals surface area contributed by atoms with Crippen LogP contribution in [0.15, 0.2) is 24.3 Å². The van der Waals surface area contributed by atoms with Gasteiger partial charge < -0.3 is 15.1 Å². The predicted molar refractivity (Wildman–Crippen MR) is 97.5 cm³/mol. The van der Waals surface area contributed by atoms with Crippen LogP contribution in [-0.4, -0.2) is 47.8 Å². The molecule has 1 aliphatic heterocycles. The minimum atomic E-state index is -0.338. The Balaban J connectivity index is 2.12. The van der Waals surface area contributed by atoms with Crippen molar-refractivity contribution < 1.29 is 14.4 Å². The number of carbonyl (C=O) groups excluding carboxylic acids is 3. The van der Waals surface area contributed by atoms with E-state index in [4.69, 9.17) is 0 Å². The highest BCUT2D eigenvalue weighted by Gasteiger charge is 2.24. The van der Waals surface area contributed by atoms with E-state index in [1.807, 2.05) is 33.8 Å². The number of amides is 3. The number of carbonyl (C=O) groups is 3. The van der Waals surface area contributed by atoms with E-state index in [0.29, 0.717) is 25.1 Å². The van der Waals surface area contributed by atoms with Crippen molar-refractivity contribution in [2.24, 2.45) is 0 Å². The maximum atomic E-state index is 12.8. The second-order valence-electron chi connectivity index (χ2n) is 7.32. The predicted octanol–water partition coefficient (Wildman–Crippen LogP) is 2.19. The lowest BCUT2D eigenvalue weighted by Crippen LogP contribution is -2.47. The fraction of sp³-hybridized carbons (Fsp3) is 0.526. The SMILES string of the molecule is CCN(CC(=O)NC(C)(C)C)C(=O)c1cccc(N2CCCC2=O)c1. The second-order valence-corrected chi connectivity index (χ2v) is 7.32. The first kappa shape index (κ1) is 19.0. The van der Waals surface area contributed by atoms with Gasteiger partial charge in [-0.05, 0) is 52.3 Å². The number of anilines is 1. The van der Waals surface area contributed by atoms with Gasteiger partial charge in [0.25, 0.3) is 5.91 Å². The average Bonchev–Trinajstić information content (AvgIpc) is 2.96. The summed E-state index contributed by atoms with van der Waals surface area (Å²) in [5.74, 6) is -0.310. The molecule has 25 heavy (non-hydrogen) atoms. The van der Waals surface area contributed by atoms with Crippen LogP contribution in [0, 0.1) is 0 Å². The molecule has 1 N–H and O–H groups in total. The molecule has 0 aliphatic carbocycles.